The van der Waals surface area contributed by atoms with Crippen LogP contribution in [0.25, 0.3) is 11.6 Å². The topological polar surface area (TPSA) is 76.7 Å². The Kier molecular flexibility index (Phi) is 3.73. The Bertz CT molecular complexity index is 565. The lowest BCUT2D eigenvalue weighted by molar-refractivity contribution is 0.270. The molecule has 0 saturated heterocycles. The first-order valence-corrected chi connectivity index (χ1v) is 7.08. The van der Waals surface area contributed by atoms with Crippen LogP contribution in [0.1, 0.15) is 43.1 Å². The standard InChI is InChI=1S/C14H19N5O/c1-9-7-16-12(17-8-9)13-18-14(20-19-13)10-5-3-4-6-11(10)15-2/h7-8,10-11,15H,3-6H2,1-2H3. The van der Waals surface area contributed by atoms with Gasteiger partial charge in [0.15, 0.2) is 0 Å². The van der Waals surface area contributed by atoms with Crippen molar-refractivity contribution in [3.8, 4) is 11.6 Å². The van der Waals surface area contributed by atoms with E-state index in [0.717, 1.165) is 18.4 Å². The first-order chi connectivity index (χ1) is 9.78. The van der Waals surface area contributed by atoms with Crippen LogP contribution in [0.15, 0.2) is 16.9 Å². The van der Waals surface area contributed by atoms with Crippen LogP contribution in [-0.2, 0) is 0 Å². The van der Waals surface area contributed by atoms with Gasteiger partial charge in [0.25, 0.3) is 0 Å². The molecule has 0 spiro atoms. The summed E-state index contributed by atoms with van der Waals surface area (Å²) in [6, 6.07) is 0.413. The summed E-state index contributed by atoms with van der Waals surface area (Å²) in [5, 5.41) is 7.37. The summed E-state index contributed by atoms with van der Waals surface area (Å²) < 4.78 is 5.44. The molecule has 0 aliphatic heterocycles. The van der Waals surface area contributed by atoms with Crippen molar-refractivity contribution in [3.63, 3.8) is 0 Å². The number of aromatic nitrogens is 4. The minimum atomic E-state index is 0.292. The van der Waals surface area contributed by atoms with Gasteiger partial charge in [-0.15, -0.1) is 0 Å². The van der Waals surface area contributed by atoms with Crippen molar-refractivity contribution in [2.75, 3.05) is 7.05 Å². The molecular formula is C14H19N5O. The van der Waals surface area contributed by atoms with Gasteiger partial charge in [-0.05, 0) is 32.4 Å². The lowest BCUT2D eigenvalue weighted by Crippen LogP contribution is -2.34. The molecule has 0 bridgehead atoms. The number of aryl methyl sites for hydroxylation is 1. The van der Waals surface area contributed by atoms with E-state index >= 15 is 0 Å². The number of nitrogens with one attached hydrogen (secondary N) is 1. The Morgan fingerprint density at radius 1 is 1.15 bits per heavy atom. The molecule has 1 saturated carbocycles. The van der Waals surface area contributed by atoms with Crippen LogP contribution in [0.3, 0.4) is 0 Å². The van der Waals surface area contributed by atoms with Crippen molar-refractivity contribution >= 4 is 0 Å². The second-order valence-electron chi connectivity index (χ2n) is 5.33. The molecule has 2 atom stereocenters. The number of rotatable bonds is 3. The molecule has 2 aromatic heterocycles. The molecule has 1 N–H and O–H groups in total. The van der Waals surface area contributed by atoms with Crippen molar-refractivity contribution in [2.24, 2.45) is 0 Å². The Hall–Kier alpha value is -1.82. The van der Waals surface area contributed by atoms with Crippen LogP contribution in [0.5, 0.6) is 0 Å². The average Bonchev–Trinajstić information content (AvgIpc) is 2.97. The molecule has 2 heterocycles. The lowest BCUT2D eigenvalue weighted by Gasteiger charge is -2.28. The molecule has 2 unspecified atom stereocenters. The average molecular weight is 273 g/mol. The zero-order chi connectivity index (χ0) is 13.9. The molecule has 1 aliphatic carbocycles. The molecule has 0 amide bonds. The van der Waals surface area contributed by atoms with Gasteiger partial charge in [0.1, 0.15) is 0 Å². The summed E-state index contributed by atoms with van der Waals surface area (Å²) in [6.07, 6.45) is 8.22. The van der Waals surface area contributed by atoms with Gasteiger partial charge < -0.3 is 9.84 Å². The van der Waals surface area contributed by atoms with Crippen molar-refractivity contribution in [2.45, 2.75) is 44.6 Å². The number of hydrogen-bond acceptors (Lipinski definition) is 6. The molecule has 6 heteroatoms. The van der Waals surface area contributed by atoms with Crippen LogP contribution in [0, 0.1) is 6.92 Å². The Labute approximate surface area is 118 Å². The maximum absolute atomic E-state index is 5.44. The van der Waals surface area contributed by atoms with E-state index in [0.29, 0.717) is 29.5 Å². The maximum atomic E-state index is 5.44. The van der Waals surface area contributed by atoms with E-state index in [1.165, 1.54) is 12.8 Å². The maximum Gasteiger partial charge on any atom is 0.240 e. The van der Waals surface area contributed by atoms with E-state index in [4.69, 9.17) is 4.52 Å². The van der Waals surface area contributed by atoms with Crippen LogP contribution >= 0.6 is 0 Å². The second kappa shape index (κ2) is 5.66. The van der Waals surface area contributed by atoms with E-state index < -0.39 is 0 Å². The zero-order valence-electron chi connectivity index (χ0n) is 11.8. The fraction of sp³-hybridized carbons (Fsp3) is 0.571. The van der Waals surface area contributed by atoms with Gasteiger partial charge >= 0.3 is 0 Å². The van der Waals surface area contributed by atoms with Gasteiger partial charge in [0.05, 0.1) is 5.92 Å². The SMILES string of the molecule is CNC1CCCCC1c1nc(-c2ncc(C)cn2)no1. The predicted octanol–water partition coefficient (Wildman–Crippen LogP) is 2.08. The van der Waals surface area contributed by atoms with Gasteiger partial charge in [-0.3, -0.25) is 0 Å². The Morgan fingerprint density at radius 3 is 2.65 bits per heavy atom. The largest absolute Gasteiger partial charge is 0.338 e. The van der Waals surface area contributed by atoms with E-state index in [2.05, 4.69) is 25.4 Å². The Balaban J connectivity index is 1.84. The van der Waals surface area contributed by atoms with Gasteiger partial charge in [0, 0.05) is 18.4 Å². The highest BCUT2D eigenvalue weighted by Gasteiger charge is 2.30. The van der Waals surface area contributed by atoms with E-state index in [-0.39, 0.29) is 0 Å². The normalized spacial score (nSPS) is 22.9. The predicted molar refractivity (Wildman–Crippen MR) is 74.1 cm³/mol. The molecule has 1 fully saturated rings. The molecule has 6 nitrogen and oxygen atoms in total. The fourth-order valence-corrected chi connectivity index (χ4v) is 2.76. The number of likely N-dealkylation sites (N-methyl/N-ethyl adjacent to an activating group) is 1. The molecule has 0 aromatic carbocycles. The van der Waals surface area contributed by atoms with E-state index in [9.17, 15) is 0 Å². The molecule has 2 aromatic rings. The zero-order valence-corrected chi connectivity index (χ0v) is 11.8. The monoisotopic (exact) mass is 273 g/mol. The molecule has 106 valence electrons. The highest BCUT2D eigenvalue weighted by atomic mass is 16.5. The highest BCUT2D eigenvalue weighted by Crippen LogP contribution is 2.32. The van der Waals surface area contributed by atoms with Gasteiger partial charge in [-0.25, -0.2) is 9.97 Å². The van der Waals surface area contributed by atoms with Crippen molar-refractivity contribution in [1.29, 1.82) is 0 Å². The first kappa shape index (κ1) is 13.2. The fourth-order valence-electron chi connectivity index (χ4n) is 2.76. The summed E-state index contributed by atoms with van der Waals surface area (Å²) in [6.45, 7) is 1.95. The molecule has 1 aliphatic rings. The van der Waals surface area contributed by atoms with Gasteiger partial charge in [-0.1, -0.05) is 18.0 Å². The number of hydrogen-bond donors (Lipinski definition) is 1. The van der Waals surface area contributed by atoms with Crippen molar-refractivity contribution in [1.82, 2.24) is 25.4 Å². The molecular weight excluding hydrogens is 254 g/mol. The van der Waals surface area contributed by atoms with Crippen LogP contribution in [0.4, 0.5) is 0 Å². The summed E-state index contributed by atoms with van der Waals surface area (Å²) in [5.74, 6) is 1.98. The van der Waals surface area contributed by atoms with Gasteiger partial charge in [-0.2, -0.15) is 4.98 Å². The van der Waals surface area contributed by atoms with Crippen LogP contribution in [-0.4, -0.2) is 33.2 Å². The summed E-state index contributed by atoms with van der Waals surface area (Å²) in [7, 11) is 1.99. The summed E-state index contributed by atoms with van der Waals surface area (Å²) >= 11 is 0. The quantitative estimate of drug-likeness (QED) is 0.922. The molecule has 3 rings (SSSR count). The highest BCUT2D eigenvalue weighted by molar-refractivity contribution is 5.41. The van der Waals surface area contributed by atoms with Gasteiger partial charge in [0.2, 0.25) is 17.5 Å². The third-order valence-corrected chi connectivity index (χ3v) is 3.88. The first-order valence-electron chi connectivity index (χ1n) is 7.08. The third kappa shape index (κ3) is 2.56. The van der Waals surface area contributed by atoms with Crippen molar-refractivity contribution < 1.29 is 4.52 Å². The second-order valence-corrected chi connectivity index (χ2v) is 5.33. The summed E-state index contributed by atoms with van der Waals surface area (Å²) in [4.78, 5) is 13.0. The summed E-state index contributed by atoms with van der Waals surface area (Å²) in [5.41, 5.74) is 1.01. The van der Waals surface area contributed by atoms with Crippen LogP contribution < -0.4 is 5.32 Å². The third-order valence-electron chi connectivity index (χ3n) is 3.88. The minimum Gasteiger partial charge on any atom is -0.338 e. The Morgan fingerprint density at radius 2 is 1.90 bits per heavy atom. The molecule has 0 radical (unpaired) electrons. The van der Waals surface area contributed by atoms with E-state index in [1.807, 2.05) is 14.0 Å². The van der Waals surface area contributed by atoms with Crippen molar-refractivity contribution in [3.05, 3.63) is 23.8 Å². The van der Waals surface area contributed by atoms with Crippen LogP contribution in [0.2, 0.25) is 0 Å². The van der Waals surface area contributed by atoms with E-state index in [1.54, 1.807) is 12.4 Å². The molecule has 20 heavy (non-hydrogen) atoms. The lowest BCUT2D eigenvalue weighted by atomic mass is 9.84. The minimum absolute atomic E-state index is 0.292. The smallest absolute Gasteiger partial charge is 0.240 e. The number of nitrogens with zero attached hydrogens (tertiary/aromatic N) is 4.